The van der Waals surface area contributed by atoms with Crippen molar-refractivity contribution in [2.45, 2.75) is 18.3 Å². The first-order chi connectivity index (χ1) is 13.4. The van der Waals surface area contributed by atoms with Crippen LogP contribution in [-0.2, 0) is 19.2 Å². The number of amides is 2. The zero-order valence-corrected chi connectivity index (χ0v) is 19.1. The topological polar surface area (TPSA) is 183 Å². The molecular weight excluding hydrogens is 435 g/mol. The molecule has 1 fully saturated rings. The van der Waals surface area contributed by atoms with Gasteiger partial charge in [-0.15, -0.1) is 11.8 Å². The molecule has 0 spiro atoms. The molecule has 12 nitrogen and oxygen atoms in total. The number of aliphatic hydroxyl groups excluding tert-OH is 1. The number of carbonyl (C=O) groups is 3. The first-order valence-electron chi connectivity index (χ1n) is 7.98. The number of β-lactam (4-membered cyclic amide) rings is 1. The van der Waals surface area contributed by atoms with Gasteiger partial charge in [0, 0.05) is 17.3 Å². The smallest absolute Gasteiger partial charge is 0.543 e. The molecule has 2 aliphatic heterocycles. The molecule has 1 aromatic rings. The number of anilines is 1. The van der Waals surface area contributed by atoms with E-state index in [1.807, 2.05) is 0 Å². The summed E-state index contributed by atoms with van der Waals surface area (Å²) in [6.45, 7) is 1.35. The van der Waals surface area contributed by atoms with Crippen molar-refractivity contribution in [3.63, 3.8) is 0 Å². The number of hydrogen-bond acceptors (Lipinski definition) is 12. The number of carboxylic acids is 1. The van der Waals surface area contributed by atoms with Crippen LogP contribution in [0.3, 0.4) is 0 Å². The van der Waals surface area contributed by atoms with Crippen molar-refractivity contribution >= 4 is 51.9 Å². The molecule has 150 valence electrons. The Kier molecular flexibility index (Phi) is 8.02. The van der Waals surface area contributed by atoms with E-state index in [4.69, 9.17) is 10.6 Å². The average molecular weight is 450 g/mol. The first-order valence-corrected chi connectivity index (χ1v) is 9.80. The number of aliphatic hydroxyl groups is 1. The first kappa shape index (κ1) is 23.6. The second-order valence-electron chi connectivity index (χ2n) is 5.57. The predicted octanol–water partition coefficient (Wildman–Crippen LogP) is -5.74. The molecule has 2 aliphatic rings. The van der Waals surface area contributed by atoms with Crippen molar-refractivity contribution in [3.8, 4) is 0 Å². The second-order valence-corrected chi connectivity index (χ2v) is 7.46. The fourth-order valence-electron chi connectivity index (χ4n) is 2.65. The minimum absolute atomic E-state index is 0. The van der Waals surface area contributed by atoms with Gasteiger partial charge in [-0.2, -0.15) is 9.36 Å². The zero-order valence-electron chi connectivity index (χ0n) is 15.4. The Morgan fingerprint density at radius 3 is 2.79 bits per heavy atom. The Balaban J connectivity index is 0.00000300. The van der Waals surface area contributed by atoms with E-state index in [0.717, 1.165) is 16.4 Å². The van der Waals surface area contributed by atoms with Crippen LogP contribution in [0.4, 0.5) is 5.13 Å². The molecule has 29 heavy (non-hydrogen) atoms. The molecule has 1 aromatic heterocycles. The standard InChI is InChI=1S/C14H16N6O6S2.Na/c1-2-26-18-6(9-17-14(15)28-19-9)10(22)16-7-11(23)20-8(13(24)25)5(3-21)4-27-12(7)20;/h7,12,21H,2-4H2,1H3,(H,16,22)(H,24,25)(H2,15,17,19);/q;+1/p-1/b18-6-;/t7-,12+;/m1./s1. The monoisotopic (exact) mass is 450 g/mol. The van der Waals surface area contributed by atoms with Crippen molar-refractivity contribution in [2.75, 3.05) is 24.7 Å². The molecule has 1 saturated heterocycles. The van der Waals surface area contributed by atoms with Gasteiger partial charge in [-0.05, 0) is 12.5 Å². The molecule has 0 unspecified atom stereocenters. The number of aromatic nitrogens is 2. The van der Waals surface area contributed by atoms with Crippen molar-refractivity contribution in [2.24, 2.45) is 5.16 Å². The van der Waals surface area contributed by atoms with E-state index >= 15 is 0 Å². The van der Waals surface area contributed by atoms with Crippen LogP contribution < -0.4 is 45.7 Å². The van der Waals surface area contributed by atoms with Gasteiger partial charge in [0.25, 0.3) is 11.8 Å². The van der Waals surface area contributed by atoms with E-state index in [1.165, 1.54) is 11.8 Å². The van der Waals surface area contributed by atoms with Gasteiger partial charge >= 0.3 is 29.6 Å². The molecule has 15 heteroatoms. The molecule has 0 saturated carbocycles. The van der Waals surface area contributed by atoms with E-state index in [2.05, 4.69) is 19.8 Å². The maximum atomic E-state index is 12.6. The quantitative estimate of drug-likeness (QED) is 0.157. The number of thioether (sulfide) groups is 1. The normalized spacial score (nSPS) is 21.1. The minimum atomic E-state index is -1.56. The van der Waals surface area contributed by atoms with Gasteiger partial charge in [0.1, 0.15) is 18.0 Å². The summed E-state index contributed by atoms with van der Waals surface area (Å²) in [5, 5.41) is 26.3. The van der Waals surface area contributed by atoms with E-state index in [0.29, 0.717) is 0 Å². The van der Waals surface area contributed by atoms with Gasteiger partial charge in [-0.1, -0.05) is 5.16 Å². The molecule has 0 aliphatic carbocycles. The summed E-state index contributed by atoms with van der Waals surface area (Å²) >= 11 is 2.08. The largest absolute Gasteiger partial charge is 1.00 e. The Hall–Kier alpha value is -1.71. The number of carbonyl (C=O) groups excluding carboxylic acids is 3. The van der Waals surface area contributed by atoms with Crippen LogP contribution in [0.5, 0.6) is 0 Å². The Morgan fingerprint density at radius 1 is 1.52 bits per heavy atom. The fourth-order valence-corrected chi connectivity index (χ4v) is 4.42. The van der Waals surface area contributed by atoms with E-state index in [1.54, 1.807) is 6.92 Å². The summed E-state index contributed by atoms with van der Waals surface area (Å²) < 4.78 is 3.91. The van der Waals surface area contributed by atoms with Crippen molar-refractivity contribution in [1.29, 1.82) is 0 Å². The third-order valence-electron chi connectivity index (χ3n) is 3.87. The van der Waals surface area contributed by atoms with Gasteiger partial charge in [0.15, 0.2) is 5.13 Å². The summed E-state index contributed by atoms with van der Waals surface area (Å²) in [4.78, 5) is 46.2. The summed E-state index contributed by atoms with van der Waals surface area (Å²) in [7, 11) is 0. The van der Waals surface area contributed by atoms with Crippen molar-refractivity contribution in [3.05, 3.63) is 17.1 Å². The molecular formula is C14H15N6NaO6S2. The van der Waals surface area contributed by atoms with Crippen molar-refractivity contribution in [1.82, 2.24) is 19.6 Å². The second kappa shape index (κ2) is 9.86. The number of oxime groups is 1. The molecule has 0 radical (unpaired) electrons. The third kappa shape index (κ3) is 4.57. The van der Waals surface area contributed by atoms with Gasteiger partial charge in [-0.25, -0.2) is 0 Å². The molecule has 2 amide bonds. The van der Waals surface area contributed by atoms with Crippen molar-refractivity contribution < 1.29 is 59.0 Å². The minimum Gasteiger partial charge on any atom is -0.543 e. The van der Waals surface area contributed by atoms with Crippen LogP contribution in [0.2, 0.25) is 0 Å². The third-order valence-corrected chi connectivity index (χ3v) is 5.75. The van der Waals surface area contributed by atoms with Crippen LogP contribution in [0.1, 0.15) is 12.7 Å². The molecule has 3 heterocycles. The SMILES string of the molecule is CCO/N=C(\C(=O)N[C@@H]1C(=O)N2C(C(=O)[O-])=C(CO)CS[C@@H]12)c1nsc(N)n1.[Na+]. The number of hydrogen-bond donors (Lipinski definition) is 3. The van der Waals surface area contributed by atoms with Gasteiger partial charge in [0.2, 0.25) is 11.5 Å². The van der Waals surface area contributed by atoms with Crippen LogP contribution >= 0.6 is 23.3 Å². The predicted molar refractivity (Wildman–Crippen MR) is 96.6 cm³/mol. The number of rotatable bonds is 7. The summed E-state index contributed by atoms with van der Waals surface area (Å²) in [5.41, 5.74) is 5.09. The molecule has 0 bridgehead atoms. The molecule has 3 rings (SSSR count). The number of aliphatic carboxylic acids is 1. The Bertz CT molecular complexity index is 890. The van der Waals surface area contributed by atoms with Gasteiger partial charge in [-0.3, -0.25) is 14.5 Å². The summed E-state index contributed by atoms with van der Waals surface area (Å²) in [5.74, 6) is -2.83. The maximum absolute atomic E-state index is 12.6. The average Bonchev–Trinajstić information content (AvgIpc) is 3.10. The molecule has 2 atom stereocenters. The molecule has 0 aromatic carbocycles. The zero-order chi connectivity index (χ0) is 20.4. The summed E-state index contributed by atoms with van der Waals surface area (Å²) in [6, 6.07) is -0.991. The number of fused-ring (bicyclic) bond motifs is 1. The Labute approximate surface area is 195 Å². The number of nitrogens with one attached hydrogen (secondary N) is 1. The van der Waals surface area contributed by atoms with E-state index in [-0.39, 0.29) is 69.9 Å². The van der Waals surface area contributed by atoms with E-state index in [9.17, 15) is 24.6 Å². The Morgan fingerprint density at radius 2 is 2.24 bits per heavy atom. The van der Waals surface area contributed by atoms with Crippen LogP contribution in [0, 0.1) is 0 Å². The van der Waals surface area contributed by atoms with E-state index < -0.39 is 35.8 Å². The van der Waals surface area contributed by atoms with Gasteiger partial charge in [0.05, 0.1) is 18.3 Å². The number of carboxylic acid groups (broad SMARTS) is 1. The molecule has 4 N–H and O–H groups in total. The number of nitrogens with two attached hydrogens (primary N) is 1. The van der Waals surface area contributed by atoms with Crippen LogP contribution in [-0.4, -0.2) is 73.2 Å². The number of nitrogens with zero attached hydrogens (tertiary/aromatic N) is 4. The summed E-state index contributed by atoms with van der Waals surface area (Å²) in [6.07, 6.45) is 0. The van der Waals surface area contributed by atoms with Crippen LogP contribution in [0.25, 0.3) is 0 Å². The van der Waals surface area contributed by atoms with Gasteiger partial charge < -0.3 is 30.9 Å². The van der Waals surface area contributed by atoms with Crippen LogP contribution in [0.15, 0.2) is 16.4 Å². The maximum Gasteiger partial charge on any atom is 1.00 e. The fraction of sp³-hybridized carbons (Fsp3) is 0.429. The number of nitrogen functional groups attached to an aromatic ring is 1.